The zero-order chi connectivity index (χ0) is 14.3. The number of nitrogens with zero attached hydrogens (tertiary/aromatic N) is 1. The minimum Gasteiger partial charge on any atom is -0.333 e. The maximum absolute atomic E-state index is 11.8. The Morgan fingerprint density at radius 3 is 2.74 bits per heavy atom. The number of carbonyl (C=O) groups excluding carboxylic acids is 2. The summed E-state index contributed by atoms with van der Waals surface area (Å²) in [5, 5.41) is 0. The molecule has 1 heterocycles. The van der Waals surface area contributed by atoms with Crippen molar-refractivity contribution in [2.75, 3.05) is 6.54 Å². The molecule has 0 aromatic heterocycles. The average Bonchev–Trinajstić information content (AvgIpc) is 2.85. The van der Waals surface area contributed by atoms with Crippen LogP contribution in [0, 0.1) is 11.8 Å². The molecule has 3 nitrogen and oxygen atoms in total. The number of hydrogen-bond donors (Lipinski definition) is 0. The molecule has 19 heavy (non-hydrogen) atoms. The van der Waals surface area contributed by atoms with E-state index >= 15 is 0 Å². The van der Waals surface area contributed by atoms with Crippen molar-refractivity contribution >= 4 is 12.2 Å². The molecule has 1 aliphatic rings. The van der Waals surface area contributed by atoms with E-state index in [0.29, 0.717) is 18.9 Å². The van der Waals surface area contributed by atoms with Crippen molar-refractivity contribution in [2.24, 2.45) is 11.8 Å². The largest absolute Gasteiger partial charge is 0.333 e. The van der Waals surface area contributed by atoms with Gasteiger partial charge in [-0.15, -0.1) is 6.58 Å². The molecule has 0 bridgehead atoms. The van der Waals surface area contributed by atoms with E-state index < -0.39 is 0 Å². The third-order valence-electron chi connectivity index (χ3n) is 3.61. The molecular formula is C16H23NO2. The van der Waals surface area contributed by atoms with Crippen LogP contribution in [-0.2, 0) is 9.59 Å². The van der Waals surface area contributed by atoms with Gasteiger partial charge in [-0.3, -0.25) is 4.79 Å². The molecule has 0 radical (unpaired) electrons. The summed E-state index contributed by atoms with van der Waals surface area (Å²) in [4.78, 5) is 24.6. The third-order valence-corrected chi connectivity index (χ3v) is 3.61. The van der Waals surface area contributed by atoms with Crippen LogP contribution in [0.4, 0.5) is 0 Å². The maximum Gasteiger partial charge on any atom is 0.222 e. The van der Waals surface area contributed by atoms with Crippen LogP contribution in [-0.4, -0.2) is 29.7 Å². The molecule has 3 heteroatoms. The Morgan fingerprint density at radius 2 is 2.21 bits per heavy atom. The van der Waals surface area contributed by atoms with Gasteiger partial charge in [-0.2, -0.15) is 0 Å². The average molecular weight is 261 g/mol. The molecule has 0 aromatic rings. The summed E-state index contributed by atoms with van der Waals surface area (Å²) in [6.45, 7) is 9.99. The highest BCUT2D eigenvalue weighted by molar-refractivity contribution is 5.80. The first-order chi connectivity index (χ1) is 9.15. The molecule has 1 amide bonds. The van der Waals surface area contributed by atoms with Crippen LogP contribution in [0.5, 0.6) is 0 Å². The molecule has 1 fully saturated rings. The van der Waals surface area contributed by atoms with E-state index in [1.807, 2.05) is 19.1 Å². The van der Waals surface area contributed by atoms with Crippen molar-refractivity contribution in [2.45, 2.75) is 32.2 Å². The predicted octanol–water partition coefficient (Wildman–Crippen LogP) is 2.75. The van der Waals surface area contributed by atoms with Crippen LogP contribution in [0.1, 0.15) is 26.2 Å². The zero-order valence-electron chi connectivity index (χ0n) is 11.6. The Hall–Kier alpha value is -1.64. The molecule has 1 saturated heterocycles. The lowest BCUT2D eigenvalue weighted by Crippen LogP contribution is -2.36. The van der Waals surface area contributed by atoms with Gasteiger partial charge in [0.1, 0.15) is 6.29 Å². The molecule has 0 saturated carbocycles. The van der Waals surface area contributed by atoms with Crippen LogP contribution in [0.15, 0.2) is 37.5 Å². The van der Waals surface area contributed by atoms with Gasteiger partial charge in [0.2, 0.25) is 5.91 Å². The topological polar surface area (TPSA) is 37.4 Å². The third kappa shape index (κ3) is 4.19. The van der Waals surface area contributed by atoms with E-state index in [1.54, 1.807) is 11.0 Å². The molecular weight excluding hydrogens is 238 g/mol. The molecule has 0 N–H and O–H groups in total. The molecule has 1 rings (SSSR count). The van der Waals surface area contributed by atoms with Crippen LogP contribution < -0.4 is 0 Å². The molecule has 0 aromatic carbocycles. The first kappa shape index (κ1) is 15.4. The highest BCUT2D eigenvalue weighted by Crippen LogP contribution is 2.29. The Kier molecular flexibility index (Phi) is 6.26. The van der Waals surface area contributed by atoms with Gasteiger partial charge in [0.25, 0.3) is 0 Å². The van der Waals surface area contributed by atoms with E-state index in [9.17, 15) is 9.59 Å². The molecule has 104 valence electrons. The van der Waals surface area contributed by atoms with Gasteiger partial charge in [-0.05, 0) is 24.7 Å². The fraction of sp³-hybridized carbons (Fsp3) is 0.500. The van der Waals surface area contributed by atoms with Crippen LogP contribution in [0.2, 0.25) is 0 Å². The fourth-order valence-electron chi connectivity index (χ4n) is 2.61. The summed E-state index contributed by atoms with van der Waals surface area (Å²) in [6, 6.07) is -0.244. The van der Waals surface area contributed by atoms with Gasteiger partial charge in [-0.1, -0.05) is 37.8 Å². The first-order valence-electron chi connectivity index (χ1n) is 6.82. The summed E-state index contributed by atoms with van der Waals surface area (Å²) in [5.74, 6) is 0.700. The Balaban J connectivity index is 2.64. The van der Waals surface area contributed by atoms with E-state index in [2.05, 4.69) is 19.2 Å². The van der Waals surface area contributed by atoms with E-state index in [1.165, 1.54) is 0 Å². The summed E-state index contributed by atoms with van der Waals surface area (Å²) in [5.41, 5.74) is 0. The normalized spacial score (nSPS) is 24.4. The smallest absolute Gasteiger partial charge is 0.222 e. The van der Waals surface area contributed by atoms with Crippen molar-refractivity contribution in [1.82, 2.24) is 4.90 Å². The number of amides is 1. The van der Waals surface area contributed by atoms with Crippen molar-refractivity contribution in [3.8, 4) is 0 Å². The van der Waals surface area contributed by atoms with Gasteiger partial charge < -0.3 is 9.69 Å². The Bertz CT molecular complexity index is 373. The number of aldehydes is 1. The second-order valence-corrected chi connectivity index (χ2v) is 4.96. The van der Waals surface area contributed by atoms with Crippen molar-refractivity contribution < 1.29 is 9.59 Å². The molecule has 0 aliphatic carbocycles. The molecule has 1 aliphatic heterocycles. The standard InChI is InChI=1S/C16H23NO2/c1-4-7-8-13(5-2)9-14-10-15(12-18)17(11-14)16(19)6-3/h4-5,7-8,12-15H,1-2,6,9-11H2,3H3/t13?,14?,15-/m0/s1. The van der Waals surface area contributed by atoms with Gasteiger partial charge in [-0.25, -0.2) is 0 Å². The quantitative estimate of drug-likeness (QED) is 0.401. The van der Waals surface area contributed by atoms with Gasteiger partial charge >= 0.3 is 0 Å². The predicted molar refractivity (Wildman–Crippen MR) is 77.6 cm³/mol. The second-order valence-electron chi connectivity index (χ2n) is 4.96. The van der Waals surface area contributed by atoms with E-state index in [0.717, 1.165) is 19.1 Å². The zero-order valence-corrected chi connectivity index (χ0v) is 11.6. The lowest BCUT2D eigenvalue weighted by molar-refractivity contribution is -0.134. The SMILES string of the molecule is C=CC=CC(C=C)CC1C[C@@H](C=O)N(C(=O)CC)C1. The minimum atomic E-state index is -0.244. The number of hydrogen-bond acceptors (Lipinski definition) is 2. The summed E-state index contributed by atoms with van der Waals surface area (Å²) < 4.78 is 0. The van der Waals surface area contributed by atoms with Crippen molar-refractivity contribution in [1.29, 1.82) is 0 Å². The fourth-order valence-corrected chi connectivity index (χ4v) is 2.61. The Labute approximate surface area is 115 Å². The number of rotatable bonds is 7. The number of likely N-dealkylation sites (tertiary alicyclic amines) is 1. The highest BCUT2D eigenvalue weighted by Gasteiger charge is 2.34. The molecule has 0 spiro atoms. The van der Waals surface area contributed by atoms with Gasteiger partial charge in [0.15, 0.2) is 0 Å². The lowest BCUT2D eigenvalue weighted by Gasteiger charge is -2.19. The first-order valence-corrected chi connectivity index (χ1v) is 6.82. The van der Waals surface area contributed by atoms with Gasteiger partial charge in [0.05, 0.1) is 6.04 Å². The van der Waals surface area contributed by atoms with Gasteiger partial charge in [0, 0.05) is 13.0 Å². The molecule has 2 unspecified atom stereocenters. The summed E-state index contributed by atoms with van der Waals surface area (Å²) >= 11 is 0. The van der Waals surface area contributed by atoms with Crippen molar-refractivity contribution in [3.05, 3.63) is 37.5 Å². The molecule has 3 atom stereocenters. The highest BCUT2D eigenvalue weighted by atomic mass is 16.2. The van der Waals surface area contributed by atoms with Crippen LogP contribution in [0.3, 0.4) is 0 Å². The number of carbonyl (C=O) groups is 2. The second kappa shape index (κ2) is 7.72. The van der Waals surface area contributed by atoms with Crippen molar-refractivity contribution in [3.63, 3.8) is 0 Å². The van der Waals surface area contributed by atoms with E-state index in [4.69, 9.17) is 0 Å². The summed E-state index contributed by atoms with van der Waals surface area (Å²) in [7, 11) is 0. The maximum atomic E-state index is 11.8. The minimum absolute atomic E-state index is 0.0661. The summed E-state index contributed by atoms with van der Waals surface area (Å²) in [6.07, 6.45) is 10.7. The monoisotopic (exact) mass is 261 g/mol. The number of allylic oxidation sites excluding steroid dienone is 4. The van der Waals surface area contributed by atoms with E-state index in [-0.39, 0.29) is 17.9 Å². The van der Waals surface area contributed by atoms with Crippen LogP contribution >= 0.6 is 0 Å². The Morgan fingerprint density at radius 1 is 1.47 bits per heavy atom. The van der Waals surface area contributed by atoms with Crippen LogP contribution in [0.25, 0.3) is 0 Å². The lowest BCUT2D eigenvalue weighted by atomic mass is 9.92.